The molecule has 0 amide bonds. The lowest BCUT2D eigenvalue weighted by atomic mass is 10.1. The maximum Gasteiger partial charge on any atom is 0.109 e. The standard InChI is InChI=1S/C13H23N3O/c1-16-10-9-15-13(16)7-8-14-11-5-3-2-4-6-12(11)17/h9-12,14,17H,2-8H2,1H3. The van der Waals surface area contributed by atoms with Gasteiger partial charge in [-0.25, -0.2) is 4.98 Å². The Kier molecular flexibility index (Phi) is 4.57. The van der Waals surface area contributed by atoms with E-state index in [0.717, 1.165) is 31.6 Å². The van der Waals surface area contributed by atoms with Crippen molar-refractivity contribution >= 4 is 0 Å². The summed E-state index contributed by atoms with van der Waals surface area (Å²) < 4.78 is 2.05. The lowest BCUT2D eigenvalue weighted by Gasteiger charge is -2.21. The second-order valence-electron chi connectivity index (χ2n) is 4.97. The van der Waals surface area contributed by atoms with Crippen LogP contribution in [0.4, 0.5) is 0 Å². The van der Waals surface area contributed by atoms with Gasteiger partial charge in [0.05, 0.1) is 6.10 Å². The van der Waals surface area contributed by atoms with Crippen LogP contribution in [0.1, 0.15) is 37.9 Å². The van der Waals surface area contributed by atoms with E-state index < -0.39 is 0 Å². The normalized spacial score (nSPS) is 25.8. The minimum atomic E-state index is -0.168. The maximum absolute atomic E-state index is 9.98. The zero-order valence-corrected chi connectivity index (χ0v) is 10.6. The van der Waals surface area contributed by atoms with Crippen molar-refractivity contribution < 1.29 is 5.11 Å². The van der Waals surface area contributed by atoms with E-state index in [9.17, 15) is 5.11 Å². The summed E-state index contributed by atoms with van der Waals surface area (Å²) in [7, 11) is 2.02. The van der Waals surface area contributed by atoms with Crippen LogP contribution in [0.25, 0.3) is 0 Å². The number of rotatable bonds is 4. The van der Waals surface area contributed by atoms with Crippen LogP contribution >= 0.6 is 0 Å². The molecule has 1 aliphatic rings. The van der Waals surface area contributed by atoms with Crippen LogP contribution in [-0.4, -0.2) is 33.3 Å². The highest BCUT2D eigenvalue weighted by Crippen LogP contribution is 2.17. The molecular weight excluding hydrogens is 214 g/mol. The smallest absolute Gasteiger partial charge is 0.109 e. The summed E-state index contributed by atoms with van der Waals surface area (Å²) in [5.41, 5.74) is 0. The van der Waals surface area contributed by atoms with Crippen molar-refractivity contribution in [2.45, 2.75) is 50.7 Å². The lowest BCUT2D eigenvalue weighted by Crippen LogP contribution is -2.40. The summed E-state index contributed by atoms with van der Waals surface area (Å²) in [6.45, 7) is 0.895. The number of imidazole rings is 1. The first-order valence-corrected chi connectivity index (χ1v) is 6.65. The van der Waals surface area contributed by atoms with Crippen LogP contribution in [0, 0.1) is 0 Å². The van der Waals surface area contributed by atoms with Gasteiger partial charge in [-0.1, -0.05) is 19.3 Å². The summed E-state index contributed by atoms with van der Waals surface area (Å²) in [6, 6.07) is 0.276. The van der Waals surface area contributed by atoms with Crippen molar-refractivity contribution in [1.82, 2.24) is 14.9 Å². The fourth-order valence-corrected chi connectivity index (χ4v) is 2.53. The highest BCUT2D eigenvalue weighted by molar-refractivity contribution is 4.92. The van der Waals surface area contributed by atoms with E-state index >= 15 is 0 Å². The Labute approximate surface area is 103 Å². The average Bonchev–Trinajstić information content (AvgIpc) is 2.60. The van der Waals surface area contributed by atoms with Crippen LogP contribution in [-0.2, 0) is 13.5 Å². The molecule has 2 N–H and O–H groups in total. The zero-order chi connectivity index (χ0) is 12.1. The number of hydrogen-bond donors (Lipinski definition) is 2. The summed E-state index contributed by atoms with van der Waals surface area (Å²) >= 11 is 0. The zero-order valence-electron chi connectivity index (χ0n) is 10.6. The van der Waals surface area contributed by atoms with Gasteiger partial charge in [-0.05, 0) is 12.8 Å². The van der Waals surface area contributed by atoms with Crippen molar-refractivity contribution in [1.29, 1.82) is 0 Å². The predicted molar refractivity (Wildman–Crippen MR) is 67.8 cm³/mol. The first kappa shape index (κ1) is 12.6. The third-order valence-electron chi connectivity index (χ3n) is 3.66. The monoisotopic (exact) mass is 237 g/mol. The molecule has 0 aliphatic heterocycles. The summed E-state index contributed by atoms with van der Waals surface area (Å²) in [5.74, 6) is 1.10. The summed E-state index contributed by atoms with van der Waals surface area (Å²) in [5, 5.41) is 13.5. The minimum Gasteiger partial charge on any atom is -0.392 e. The van der Waals surface area contributed by atoms with Gasteiger partial charge in [-0.15, -0.1) is 0 Å². The summed E-state index contributed by atoms with van der Waals surface area (Å²) in [4.78, 5) is 4.30. The Bertz CT molecular complexity index is 337. The van der Waals surface area contributed by atoms with E-state index in [4.69, 9.17) is 0 Å². The van der Waals surface area contributed by atoms with Crippen molar-refractivity contribution in [2.75, 3.05) is 6.54 Å². The van der Waals surface area contributed by atoms with Gasteiger partial charge < -0.3 is 15.0 Å². The Morgan fingerprint density at radius 3 is 3.00 bits per heavy atom. The molecule has 2 atom stereocenters. The van der Waals surface area contributed by atoms with Gasteiger partial charge in [0, 0.05) is 38.4 Å². The largest absolute Gasteiger partial charge is 0.392 e. The topological polar surface area (TPSA) is 50.1 Å². The molecule has 1 heterocycles. The van der Waals surface area contributed by atoms with E-state index in [1.54, 1.807) is 0 Å². The number of aliphatic hydroxyl groups excluding tert-OH is 1. The molecule has 0 radical (unpaired) electrons. The van der Waals surface area contributed by atoms with Gasteiger partial charge in [0.25, 0.3) is 0 Å². The minimum absolute atomic E-state index is 0.168. The number of nitrogens with one attached hydrogen (secondary N) is 1. The van der Waals surface area contributed by atoms with Crippen molar-refractivity contribution in [3.05, 3.63) is 18.2 Å². The molecule has 1 aromatic heterocycles. The molecular formula is C13H23N3O. The first-order valence-electron chi connectivity index (χ1n) is 6.65. The molecule has 0 spiro atoms. The van der Waals surface area contributed by atoms with Crippen LogP contribution in [0.15, 0.2) is 12.4 Å². The third-order valence-corrected chi connectivity index (χ3v) is 3.66. The van der Waals surface area contributed by atoms with Crippen LogP contribution in [0.3, 0.4) is 0 Å². The molecule has 0 bridgehead atoms. The van der Waals surface area contributed by atoms with Crippen molar-refractivity contribution in [3.63, 3.8) is 0 Å². The molecule has 17 heavy (non-hydrogen) atoms. The van der Waals surface area contributed by atoms with Gasteiger partial charge in [0.1, 0.15) is 5.82 Å². The molecule has 4 nitrogen and oxygen atoms in total. The Morgan fingerprint density at radius 2 is 2.24 bits per heavy atom. The maximum atomic E-state index is 9.98. The van der Waals surface area contributed by atoms with E-state index in [-0.39, 0.29) is 12.1 Å². The number of aryl methyl sites for hydroxylation is 1. The van der Waals surface area contributed by atoms with Crippen LogP contribution < -0.4 is 5.32 Å². The van der Waals surface area contributed by atoms with Gasteiger partial charge >= 0.3 is 0 Å². The average molecular weight is 237 g/mol. The molecule has 1 aromatic rings. The number of hydrogen-bond acceptors (Lipinski definition) is 3. The summed E-state index contributed by atoms with van der Waals surface area (Å²) in [6.07, 6.45) is 10.3. The van der Waals surface area contributed by atoms with Gasteiger partial charge in [-0.3, -0.25) is 0 Å². The molecule has 2 unspecified atom stereocenters. The number of aromatic nitrogens is 2. The Hall–Kier alpha value is -0.870. The van der Waals surface area contributed by atoms with E-state index in [1.165, 1.54) is 19.3 Å². The Morgan fingerprint density at radius 1 is 1.41 bits per heavy atom. The molecule has 2 rings (SSSR count). The van der Waals surface area contributed by atoms with E-state index in [2.05, 4.69) is 10.3 Å². The van der Waals surface area contributed by atoms with Gasteiger partial charge in [-0.2, -0.15) is 0 Å². The second kappa shape index (κ2) is 6.17. The molecule has 4 heteroatoms. The van der Waals surface area contributed by atoms with Crippen molar-refractivity contribution in [2.24, 2.45) is 7.05 Å². The molecule has 0 saturated heterocycles. The predicted octanol–water partition coefficient (Wildman–Crippen LogP) is 1.25. The third kappa shape index (κ3) is 3.54. The molecule has 1 saturated carbocycles. The quantitative estimate of drug-likeness (QED) is 0.775. The SMILES string of the molecule is Cn1ccnc1CCNC1CCCCCC1O. The Balaban J connectivity index is 1.75. The van der Waals surface area contributed by atoms with Gasteiger partial charge in [0.15, 0.2) is 0 Å². The molecule has 1 fully saturated rings. The fourth-order valence-electron chi connectivity index (χ4n) is 2.53. The second-order valence-corrected chi connectivity index (χ2v) is 4.97. The van der Waals surface area contributed by atoms with Gasteiger partial charge in [0.2, 0.25) is 0 Å². The van der Waals surface area contributed by atoms with Crippen LogP contribution in [0.5, 0.6) is 0 Å². The number of aliphatic hydroxyl groups is 1. The highest BCUT2D eigenvalue weighted by atomic mass is 16.3. The molecule has 0 aromatic carbocycles. The lowest BCUT2D eigenvalue weighted by molar-refractivity contribution is 0.120. The van der Waals surface area contributed by atoms with Crippen molar-refractivity contribution in [3.8, 4) is 0 Å². The van der Waals surface area contributed by atoms with E-state index in [1.807, 2.05) is 24.0 Å². The highest BCUT2D eigenvalue weighted by Gasteiger charge is 2.20. The molecule has 1 aliphatic carbocycles. The fraction of sp³-hybridized carbons (Fsp3) is 0.769. The van der Waals surface area contributed by atoms with E-state index in [0.29, 0.717) is 0 Å². The molecule has 96 valence electrons. The van der Waals surface area contributed by atoms with Crippen LogP contribution in [0.2, 0.25) is 0 Å². The first-order chi connectivity index (χ1) is 8.27. The number of nitrogens with zero attached hydrogens (tertiary/aromatic N) is 2.